The van der Waals surface area contributed by atoms with Crippen molar-refractivity contribution < 1.29 is 32.6 Å². The zero-order valence-electron chi connectivity index (χ0n) is 18.1. The van der Waals surface area contributed by atoms with Gasteiger partial charge in [0.1, 0.15) is 5.60 Å². The summed E-state index contributed by atoms with van der Waals surface area (Å²) in [6, 6.07) is 9.91. The van der Waals surface area contributed by atoms with E-state index in [9.17, 15) is 18.0 Å². The van der Waals surface area contributed by atoms with Gasteiger partial charge in [-0.15, -0.1) is 0 Å². The minimum Gasteiger partial charge on any atom is -0.475 e. The van der Waals surface area contributed by atoms with E-state index in [0.29, 0.717) is 31.8 Å². The third-order valence-corrected chi connectivity index (χ3v) is 5.18. The third kappa shape index (κ3) is 7.10. The molecule has 2 aliphatic heterocycles. The Kier molecular flexibility index (Phi) is 8.46. The van der Waals surface area contributed by atoms with Gasteiger partial charge in [-0.3, -0.25) is 4.79 Å². The van der Waals surface area contributed by atoms with Crippen LogP contribution in [-0.4, -0.2) is 92.0 Å². The summed E-state index contributed by atoms with van der Waals surface area (Å²) >= 11 is 0. The number of carboxylic acid groups (broad SMARTS) is 1. The molecule has 11 heteroatoms. The number of hydrogen-bond donors (Lipinski definition) is 1. The number of nitrogens with zero attached hydrogens (tertiary/aromatic N) is 4. The molecule has 0 radical (unpaired) electrons. The van der Waals surface area contributed by atoms with Crippen LogP contribution < -0.4 is 4.90 Å². The summed E-state index contributed by atoms with van der Waals surface area (Å²) in [6.07, 6.45) is -3.10. The molecule has 0 bridgehead atoms. The first kappa shape index (κ1) is 25.4. The number of halogens is 3. The van der Waals surface area contributed by atoms with Crippen LogP contribution in [0.2, 0.25) is 0 Å². The van der Waals surface area contributed by atoms with Crippen LogP contribution in [0.5, 0.6) is 0 Å². The van der Waals surface area contributed by atoms with Crippen molar-refractivity contribution in [3.8, 4) is 6.07 Å². The summed E-state index contributed by atoms with van der Waals surface area (Å²) < 4.78 is 37.9. The molecule has 2 fully saturated rings. The molecule has 32 heavy (non-hydrogen) atoms. The lowest BCUT2D eigenvalue weighted by Crippen LogP contribution is -2.61. The average Bonchev–Trinajstić information content (AvgIpc) is 2.73. The van der Waals surface area contributed by atoms with Crippen molar-refractivity contribution >= 4 is 17.6 Å². The Balaban J connectivity index is 0.000000451. The second-order valence-corrected chi connectivity index (χ2v) is 8.07. The van der Waals surface area contributed by atoms with Crippen LogP contribution in [0.1, 0.15) is 18.4 Å². The molecule has 1 unspecified atom stereocenters. The predicted octanol–water partition coefficient (Wildman–Crippen LogP) is 1.95. The molecule has 0 aliphatic carbocycles. The molecule has 0 saturated carbocycles. The van der Waals surface area contributed by atoms with Crippen molar-refractivity contribution in [1.82, 2.24) is 9.80 Å². The smallest absolute Gasteiger partial charge is 0.475 e. The first-order valence-corrected chi connectivity index (χ1v) is 10.1. The van der Waals surface area contributed by atoms with E-state index in [1.165, 1.54) is 0 Å². The van der Waals surface area contributed by atoms with Crippen molar-refractivity contribution in [3.63, 3.8) is 0 Å². The molecule has 1 atom stereocenters. The quantitative estimate of drug-likeness (QED) is 0.743. The van der Waals surface area contributed by atoms with Gasteiger partial charge in [0, 0.05) is 25.3 Å². The number of carbonyl (C=O) groups excluding carboxylic acids is 1. The van der Waals surface area contributed by atoms with Crippen molar-refractivity contribution in [1.29, 1.82) is 5.26 Å². The van der Waals surface area contributed by atoms with Gasteiger partial charge in [0.15, 0.2) is 0 Å². The summed E-state index contributed by atoms with van der Waals surface area (Å²) in [5.41, 5.74) is 1.42. The van der Waals surface area contributed by atoms with E-state index in [1.807, 2.05) is 48.2 Å². The van der Waals surface area contributed by atoms with E-state index in [4.69, 9.17) is 19.9 Å². The molecule has 8 nitrogen and oxygen atoms in total. The maximum atomic E-state index is 12.4. The number of hydrogen-bond acceptors (Lipinski definition) is 6. The summed E-state index contributed by atoms with van der Waals surface area (Å²) in [4.78, 5) is 27.5. The first-order chi connectivity index (χ1) is 15.0. The van der Waals surface area contributed by atoms with Crippen LogP contribution in [0.25, 0.3) is 0 Å². The molecule has 1 amide bonds. The normalized spacial score (nSPS) is 21.0. The number of anilines is 1. The Bertz CT molecular complexity index is 852. The fourth-order valence-corrected chi connectivity index (χ4v) is 3.77. The number of aliphatic carboxylic acids is 1. The lowest BCUT2D eigenvalue weighted by atomic mass is 9.90. The second kappa shape index (κ2) is 10.7. The number of piperidine rings is 1. The van der Waals surface area contributed by atoms with Crippen molar-refractivity contribution in [2.45, 2.75) is 24.6 Å². The Morgan fingerprint density at radius 2 is 1.97 bits per heavy atom. The highest BCUT2D eigenvalue weighted by Gasteiger charge is 2.42. The number of carbonyl (C=O) groups is 2. The Hall–Kier alpha value is -2.84. The topological polar surface area (TPSA) is 97.1 Å². The largest absolute Gasteiger partial charge is 0.490 e. The standard InChI is InChI=1S/C19H26N4O2.C2HF3O2/c1-21(2)13-18(24)23-9-10-25-19(15-23)7-4-8-22(14-19)17-6-3-5-16(11-17)12-20;3-2(4,5)1(6)7/h3,5-6,11H,4,7-10,13-15H2,1-2H3;(H,6,7). The van der Waals surface area contributed by atoms with E-state index in [1.54, 1.807) is 0 Å². The number of amides is 1. The molecule has 1 spiro atoms. The van der Waals surface area contributed by atoms with Gasteiger partial charge >= 0.3 is 12.1 Å². The van der Waals surface area contributed by atoms with E-state index in [-0.39, 0.29) is 11.5 Å². The van der Waals surface area contributed by atoms with Gasteiger partial charge in [-0.05, 0) is 45.1 Å². The van der Waals surface area contributed by atoms with Crippen LogP contribution >= 0.6 is 0 Å². The van der Waals surface area contributed by atoms with Crippen molar-refractivity contribution in [3.05, 3.63) is 29.8 Å². The fourth-order valence-electron chi connectivity index (χ4n) is 3.77. The lowest BCUT2D eigenvalue weighted by Gasteiger charge is -2.48. The highest BCUT2D eigenvalue weighted by atomic mass is 19.4. The van der Waals surface area contributed by atoms with E-state index >= 15 is 0 Å². The predicted molar refractivity (Wildman–Crippen MR) is 110 cm³/mol. The van der Waals surface area contributed by atoms with E-state index < -0.39 is 12.1 Å². The van der Waals surface area contributed by atoms with Crippen LogP contribution in [0.15, 0.2) is 24.3 Å². The minimum absolute atomic E-state index is 0.163. The monoisotopic (exact) mass is 456 g/mol. The van der Waals surface area contributed by atoms with Gasteiger partial charge in [-0.2, -0.15) is 18.4 Å². The van der Waals surface area contributed by atoms with Gasteiger partial charge in [-0.25, -0.2) is 4.79 Å². The Morgan fingerprint density at radius 3 is 2.56 bits per heavy atom. The SMILES string of the molecule is CN(C)CC(=O)N1CCOC2(CCCN(c3cccc(C#N)c3)C2)C1.O=C(O)C(F)(F)F. The zero-order valence-corrected chi connectivity index (χ0v) is 18.1. The van der Waals surface area contributed by atoms with Crippen LogP contribution in [0.4, 0.5) is 18.9 Å². The fraction of sp³-hybridized carbons (Fsp3) is 0.571. The van der Waals surface area contributed by atoms with Crippen molar-refractivity contribution in [2.75, 3.05) is 58.3 Å². The summed E-state index contributed by atoms with van der Waals surface area (Å²) in [5.74, 6) is -2.59. The Morgan fingerprint density at radius 1 is 1.28 bits per heavy atom. The number of carboxylic acids is 1. The highest BCUT2D eigenvalue weighted by molar-refractivity contribution is 5.78. The Labute approximate surface area is 184 Å². The molecular weight excluding hydrogens is 429 g/mol. The number of likely N-dealkylation sites (N-methyl/N-ethyl adjacent to an activating group) is 1. The molecule has 2 aliphatic rings. The molecule has 1 aromatic carbocycles. The van der Waals surface area contributed by atoms with E-state index in [0.717, 1.165) is 31.6 Å². The number of ether oxygens (including phenoxy) is 1. The van der Waals surface area contributed by atoms with E-state index in [2.05, 4.69) is 11.0 Å². The second-order valence-electron chi connectivity index (χ2n) is 8.07. The van der Waals surface area contributed by atoms with Crippen LogP contribution in [-0.2, 0) is 14.3 Å². The number of morpholine rings is 1. The van der Waals surface area contributed by atoms with Gasteiger partial charge < -0.3 is 24.5 Å². The van der Waals surface area contributed by atoms with Crippen molar-refractivity contribution in [2.24, 2.45) is 0 Å². The van der Waals surface area contributed by atoms with Gasteiger partial charge in [0.2, 0.25) is 5.91 Å². The highest BCUT2D eigenvalue weighted by Crippen LogP contribution is 2.32. The van der Waals surface area contributed by atoms with Gasteiger partial charge in [0.05, 0.1) is 31.3 Å². The third-order valence-electron chi connectivity index (χ3n) is 5.18. The van der Waals surface area contributed by atoms with Gasteiger partial charge in [-0.1, -0.05) is 6.07 Å². The minimum atomic E-state index is -5.08. The average molecular weight is 456 g/mol. The molecule has 2 saturated heterocycles. The number of rotatable bonds is 3. The molecule has 3 rings (SSSR count). The molecule has 2 heterocycles. The molecule has 1 N–H and O–H groups in total. The first-order valence-electron chi connectivity index (χ1n) is 10.1. The summed E-state index contributed by atoms with van der Waals surface area (Å²) in [7, 11) is 3.83. The molecule has 176 valence electrons. The number of benzene rings is 1. The molecule has 0 aromatic heterocycles. The molecule has 1 aromatic rings. The van der Waals surface area contributed by atoms with Crippen LogP contribution in [0.3, 0.4) is 0 Å². The molecular formula is C21H27F3N4O4. The number of alkyl halides is 3. The zero-order chi connectivity index (χ0) is 23.9. The number of nitriles is 1. The maximum Gasteiger partial charge on any atom is 0.490 e. The summed E-state index contributed by atoms with van der Waals surface area (Å²) in [6.45, 7) is 4.04. The lowest BCUT2D eigenvalue weighted by molar-refractivity contribution is -0.192. The van der Waals surface area contributed by atoms with Gasteiger partial charge in [0.25, 0.3) is 0 Å². The summed E-state index contributed by atoms with van der Waals surface area (Å²) in [5, 5.41) is 16.3. The maximum absolute atomic E-state index is 12.4. The van der Waals surface area contributed by atoms with Crippen LogP contribution in [0, 0.1) is 11.3 Å².